The van der Waals surface area contributed by atoms with Crippen molar-refractivity contribution >= 4 is 21.8 Å². The Hall–Kier alpha value is -2.30. The summed E-state index contributed by atoms with van der Waals surface area (Å²) in [5.74, 6) is -1.10. The fraction of sp³-hybridized carbons (Fsp3) is 0.300. The number of aromatic nitrogens is 3. The summed E-state index contributed by atoms with van der Waals surface area (Å²) in [6, 6.07) is 10.6. The van der Waals surface area contributed by atoms with Gasteiger partial charge in [-0.3, -0.25) is 0 Å². The van der Waals surface area contributed by atoms with Gasteiger partial charge in [0.25, 0.3) is 0 Å². The van der Waals surface area contributed by atoms with Gasteiger partial charge in [0.1, 0.15) is 0 Å². The van der Waals surface area contributed by atoms with Crippen LogP contribution < -0.4 is 0 Å². The quantitative estimate of drug-likeness (QED) is 0.482. The molecule has 0 spiro atoms. The van der Waals surface area contributed by atoms with Crippen LogP contribution in [-0.2, 0) is 22.8 Å². The van der Waals surface area contributed by atoms with E-state index in [4.69, 9.17) is 0 Å². The molecule has 1 aromatic heterocycles. The predicted octanol–water partition coefficient (Wildman–Crippen LogP) is 4.08. The Bertz CT molecular complexity index is 1150. The average Bonchev–Trinajstić information content (AvgIpc) is 3.10. The molecule has 10 heteroatoms. The molecule has 0 aliphatic carbocycles. The van der Waals surface area contributed by atoms with Crippen LogP contribution in [0.15, 0.2) is 52.5 Å². The summed E-state index contributed by atoms with van der Waals surface area (Å²) in [7, 11) is -1.86. The van der Waals surface area contributed by atoms with Gasteiger partial charge in [-0.05, 0) is 18.2 Å². The van der Waals surface area contributed by atoms with Crippen molar-refractivity contribution in [1.82, 2.24) is 19.1 Å². The van der Waals surface area contributed by atoms with Crippen molar-refractivity contribution in [3.05, 3.63) is 59.7 Å². The highest BCUT2D eigenvalue weighted by Crippen LogP contribution is 2.28. The first-order chi connectivity index (χ1) is 14.3. The van der Waals surface area contributed by atoms with Gasteiger partial charge in [0.05, 0.1) is 4.90 Å². The monoisotopic (exact) mass is 452 g/mol. The number of hydrogen-bond donors (Lipinski definition) is 0. The number of sulfonamides is 1. The molecule has 3 rings (SSSR count). The number of benzene rings is 2. The van der Waals surface area contributed by atoms with E-state index in [0.29, 0.717) is 29.6 Å². The number of halogens is 2. The van der Waals surface area contributed by atoms with Crippen LogP contribution in [0.3, 0.4) is 0 Å². The Balaban J connectivity index is 1.86. The number of thioether (sulfide) groups is 1. The van der Waals surface area contributed by atoms with E-state index in [1.165, 1.54) is 28.2 Å². The van der Waals surface area contributed by atoms with E-state index < -0.39 is 21.7 Å². The highest BCUT2D eigenvalue weighted by Gasteiger charge is 2.23. The molecule has 0 radical (unpaired) electrons. The zero-order valence-corrected chi connectivity index (χ0v) is 18.5. The van der Waals surface area contributed by atoms with Crippen molar-refractivity contribution in [3.63, 3.8) is 0 Å². The standard InChI is InChI=1S/C20H22F2N4O2S2/c1-4-26(5-2)30(27,28)16-10-6-8-14(12-16)19-23-24-20(25(19)3)29-13-15-9-7-11-17(21)18(15)22/h6-12H,4-5,13H2,1-3H3. The number of hydrogen-bond acceptors (Lipinski definition) is 5. The molecule has 0 aliphatic heterocycles. The molecule has 0 N–H and O–H groups in total. The summed E-state index contributed by atoms with van der Waals surface area (Å²) in [5, 5.41) is 8.79. The Labute approximate surface area is 179 Å². The molecule has 3 aromatic rings. The molecule has 0 fully saturated rings. The third kappa shape index (κ3) is 4.40. The van der Waals surface area contributed by atoms with Crippen molar-refractivity contribution in [2.45, 2.75) is 29.7 Å². The summed E-state index contributed by atoms with van der Waals surface area (Å²) in [5.41, 5.74) is 0.832. The fourth-order valence-corrected chi connectivity index (χ4v) is 5.39. The molecular formula is C20H22F2N4O2S2. The second-order valence-electron chi connectivity index (χ2n) is 6.48. The van der Waals surface area contributed by atoms with Crippen LogP contribution in [0.5, 0.6) is 0 Å². The Kier molecular flexibility index (Phi) is 6.89. The number of nitrogens with zero attached hydrogens (tertiary/aromatic N) is 4. The van der Waals surface area contributed by atoms with Crippen LogP contribution in [0.4, 0.5) is 8.78 Å². The summed E-state index contributed by atoms with van der Waals surface area (Å²) < 4.78 is 55.9. The zero-order valence-electron chi connectivity index (χ0n) is 16.8. The van der Waals surface area contributed by atoms with Crippen molar-refractivity contribution in [1.29, 1.82) is 0 Å². The molecule has 0 atom stereocenters. The molecule has 0 amide bonds. The largest absolute Gasteiger partial charge is 0.305 e. The van der Waals surface area contributed by atoms with Crippen LogP contribution >= 0.6 is 11.8 Å². The zero-order chi connectivity index (χ0) is 21.9. The predicted molar refractivity (Wildman–Crippen MR) is 112 cm³/mol. The van der Waals surface area contributed by atoms with Gasteiger partial charge < -0.3 is 4.57 Å². The van der Waals surface area contributed by atoms with E-state index in [-0.39, 0.29) is 16.2 Å². The Morgan fingerprint density at radius 3 is 2.47 bits per heavy atom. The lowest BCUT2D eigenvalue weighted by atomic mass is 10.2. The van der Waals surface area contributed by atoms with Gasteiger partial charge in [-0.2, -0.15) is 4.31 Å². The van der Waals surface area contributed by atoms with Crippen molar-refractivity contribution in [2.24, 2.45) is 7.05 Å². The Morgan fingerprint density at radius 1 is 1.07 bits per heavy atom. The van der Waals surface area contributed by atoms with E-state index in [1.54, 1.807) is 49.7 Å². The molecule has 0 bridgehead atoms. The molecule has 0 saturated heterocycles. The smallest absolute Gasteiger partial charge is 0.243 e. The minimum atomic E-state index is -3.60. The number of rotatable bonds is 8. The first-order valence-electron chi connectivity index (χ1n) is 9.35. The molecule has 1 heterocycles. The highest BCUT2D eigenvalue weighted by molar-refractivity contribution is 7.98. The lowest BCUT2D eigenvalue weighted by Crippen LogP contribution is -2.30. The van der Waals surface area contributed by atoms with Crippen LogP contribution in [0.2, 0.25) is 0 Å². The molecule has 6 nitrogen and oxygen atoms in total. The second kappa shape index (κ2) is 9.23. The van der Waals surface area contributed by atoms with Crippen molar-refractivity contribution < 1.29 is 17.2 Å². The highest BCUT2D eigenvalue weighted by atomic mass is 32.2. The summed E-state index contributed by atoms with van der Waals surface area (Å²) in [4.78, 5) is 0.183. The maximum absolute atomic E-state index is 13.9. The minimum Gasteiger partial charge on any atom is -0.305 e. The minimum absolute atomic E-state index is 0.183. The van der Waals surface area contributed by atoms with Gasteiger partial charge in [-0.15, -0.1) is 10.2 Å². The summed E-state index contributed by atoms with van der Waals surface area (Å²) in [6.45, 7) is 4.34. The van der Waals surface area contributed by atoms with Crippen LogP contribution in [0.1, 0.15) is 19.4 Å². The molecule has 0 aliphatic rings. The fourth-order valence-electron chi connectivity index (χ4n) is 3.00. The van der Waals surface area contributed by atoms with E-state index in [0.717, 1.165) is 6.07 Å². The SMILES string of the molecule is CCN(CC)S(=O)(=O)c1cccc(-c2nnc(SCc3cccc(F)c3F)n2C)c1. The summed E-state index contributed by atoms with van der Waals surface area (Å²) >= 11 is 1.22. The Morgan fingerprint density at radius 2 is 1.77 bits per heavy atom. The van der Waals surface area contributed by atoms with Gasteiger partial charge in [-0.1, -0.05) is 49.9 Å². The van der Waals surface area contributed by atoms with Crippen LogP contribution in [0.25, 0.3) is 11.4 Å². The molecule has 30 heavy (non-hydrogen) atoms. The van der Waals surface area contributed by atoms with Crippen LogP contribution in [0, 0.1) is 11.6 Å². The average molecular weight is 453 g/mol. The van der Waals surface area contributed by atoms with Gasteiger partial charge in [0.2, 0.25) is 10.0 Å². The van der Waals surface area contributed by atoms with Crippen molar-refractivity contribution in [3.8, 4) is 11.4 Å². The lowest BCUT2D eigenvalue weighted by Gasteiger charge is -2.18. The van der Waals surface area contributed by atoms with Crippen LogP contribution in [-0.4, -0.2) is 40.6 Å². The van der Waals surface area contributed by atoms with E-state index in [2.05, 4.69) is 10.2 Å². The third-order valence-corrected chi connectivity index (χ3v) is 7.77. The normalized spacial score (nSPS) is 11.9. The van der Waals surface area contributed by atoms with Crippen molar-refractivity contribution in [2.75, 3.05) is 13.1 Å². The molecule has 2 aromatic carbocycles. The first kappa shape index (κ1) is 22.4. The third-order valence-electron chi connectivity index (χ3n) is 4.66. The molecule has 0 saturated carbocycles. The molecule has 0 unspecified atom stereocenters. The topological polar surface area (TPSA) is 68.1 Å². The van der Waals surface area contributed by atoms with Gasteiger partial charge in [0, 0.05) is 37.0 Å². The lowest BCUT2D eigenvalue weighted by molar-refractivity contribution is 0.445. The van der Waals surface area contributed by atoms with Gasteiger partial charge >= 0.3 is 0 Å². The maximum atomic E-state index is 13.9. The molecule has 160 valence electrons. The van der Waals surface area contributed by atoms with E-state index in [9.17, 15) is 17.2 Å². The maximum Gasteiger partial charge on any atom is 0.243 e. The second-order valence-corrected chi connectivity index (χ2v) is 9.36. The van der Waals surface area contributed by atoms with Gasteiger partial charge in [-0.25, -0.2) is 17.2 Å². The van der Waals surface area contributed by atoms with E-state index in [1.807, 2.05) is 0 Å². The first-order valence-corrected chi connectivity index (χ1v) is 11.8. The summed E-state index contributed by atoms with van der Waals surface area (Å²) in [6.07, 6.45) is 0. The molecular weight excluding hydrogens is 430 g/mol. The van der Waals surface area contributed by atoms with Gasteiger partial charge in [0.15, 0.2) is 22.6 Å². The van der Waals surface area contributed by atoms with E-state index >= 15 is 0 Å².